The summed E-state index contributed by atoms with van der Waals surface area (Å²) in [5, 5.41) is 19.9. The fraction of sp³-hybridized carbons (Fsp3) is 0.125. The number of nitriles is 2. The van der Waals surface area contributed by atoms with Crippen molar-refractivity contribution in [1.29, 1.82) is 10.5 Å². The summed E-state index contributed by atoms with van der Waals surface area (Å²) >= 11 is -2.50. The Kier molecular flexibility index (Phi) is 7.86. The molecule has 3 aromatic carbocycles. The topological polar surface area (TPSA) is 128 Å². The van der Waals surface area contributed by atoms with Gasteiger partial charge in [0.25, 0.3) is 0 Å². The zero-order chi connectivity index (χ0) is 31.9. The van der Waals surface area contributed by atoms with E-state index in [9.17, 15) is 36.5 Å². The highest BCUT2D eigenvalue weighted by atomic mass is 32.2. The van der Waals surface area contributed by atoms with E-state index in [0.717, 1.165) is 18.4 Å². The number of benzene rings is 3. The second-order valence-corrected chi connectivity index (χ2v) is 12.9. The predicted octanol–water partition coefficient (Wildman–Crippen LogP) is 3.99. The van der Waals surface area contributed by atoms with Crippen LogP contribution in [-0.2, 0) is 39.5 Å². The third kappa shape index (κ3) is 5.02. The first-order chi connectivity index (χ1) is 20.9. The average Bonchev–Trinajstić information content (AvgIpc) is 3.53. The van der Waals surface area contributed by atoms with Gasteiger partial charge in [0.1, 0.15) is 42.5 Å². The average molecular weight is 625 g/mol. The van der Waals surface area contributed by atoms with Gasteiger partial charge in [0.2, 0.25) is 0 Å². The molecule has 216 valence electrons. The van der Waals surface area contributed by atoms with Gasteiger partial charge in [-0.05, 0) is 80.4 Å². The maximum absolute atomic E-state index is 14.5. The van der Waals surface area contributed by atoms with Gasteiger partial charge in [0.15, 0.2) is 20.9 Å². The first-order valence-corrected chi connectivity index (χ1v) is 15.9. The highest BCUT2D eigenvalue weighted by Crippen LogP contribution is 2.39. The number of fused-ring (bicyclic) bond motifs is 2. The van der Waals surface area contributed by atoms with Gasteiger partial charge < -0.3 is 4.55 Å². The number of rotatable bonds is 5. The van der Waals surface area contributed by atoms with E-state index in [-0.39, 0.29) is 89.7 Å². The van der Waals surface area contributed by atoms with Gasteiger partial charge >= 0.3 is 5.82 Å². The van der Waals surface area contributed by atoms with Crippen LogP contribution in [-0.4, -0.2) is 23.4 Å². The van der Waals surface area contributed by atoms with Crippen LogP contribution < -0.4 is 10.4 Å². The molecule has 1 N–H and O–H groups in total. The maximum Gasteiger partial charge on any atom is 0.523 e. The lowest BCUT2D eigenvalue weighted by molar-refractivity contribution is 0.563. The molecular weight excluding hydrogens is 607 g/mol. The molecule has 0 saturated heterocycles. The van der Waals surface area contributed by atoms with E-state index < -0.39 is 38.3 Å². The second-order valence-electron chi connectivity index (χ2n) is 9.98. The van der Waals surface area contributed by atoms with Gasteiger partial charge in [-0.15, -0.1) is 0 Å². The summed E-state index contributed by atoms with van der Waals surface area (Å²) in [5.41, 5.74) is 1.03. The summed E-state index contributed by atoms with van der Waals surface area (Å²) in [7, 11) is -4.19. The molecule has 44 heavy (non-hydrogen) atoms. The van der Waals surface area contributed by atoms with Gasteiger partial charge in [-0.25, -0.2) is 21.4 Å². The van der Waals surface area contributed by atoms with Crippen molar-refractivity contribution in [3.8, 4) is 12.1 Å². The van der Waals surface area contributed by atoms with Gasteiger partial charge in [0, 0.05) is 17.9 Å². The predicted molar refractivity (Wildman–Crippen MR) is 157 cm³/mol. The molecule has 0 heterocycles. The van der Waals surface area contributed by atoms with Crippen LogP contribution in [0.3, 0.4) is 0 Å². The monoisotopic (exact) mass is 624 g/mol. The Labute approximate surface area is 253 Å². The second kappa shape index (κ2) is 11.4. The molecule has 12 heteroatoms. The largest absolute Gasteiger partial charge is 0.523 e. The molecule has 2 aliphatic rings. The van der Waals surface area contributed by atoms with Crippen molar-refractivity contribution in [2.24, 2.45) is 0 Å². The fourth-order valence-electron chi connectivity index (χ4n) is 5.99. The van der Waals surface area contributed by atoms with Crippen LogP contribution in [0.4, 0.5) is 8.78 Å². The summed E-state index contributed by atoms with van der Waals surface area (Å²) in [5.74, 6) is -2.24. The molecule has 8 nitrogen and oxygen atoms in total. The zero-order valence-electron chi connectivity index (χ0n) is 22.8. The number of hydrogen-bond acceptors (Lipinski definition) is 5. The minimum atomic E-state index is -4.19. The van der Waals surface area contributed by atoms with E-state index >= 15 is 0 Å². The van der Waals surface area contributed by atoms with Gasteiger partial charge in [-0.1, -0.05) is 24.3 Å². The molecule has 5 rings (SSSR count). The Bertz CT molecular complexity index is 2300. The van der Waals surface area contributed by atoms with Gasteiger partial charge in [-0.2, -0.15) is 20.2 Å². The molecule has 1 unspecified atom stereocenters. The molecule has 0 radical (unpaired) electrons. The third-order valence-corrected chi connectivity index (χ3v) is 9.18. The summed E-state index contributed by atoms with van der Waals surface area (Å²) in [6.07, 6.45) is 0.468. The first-order valence-electron chi connectivity index (χ1n) is 12.7. The van der Waals surface area contributed by atoms with Crippen LogP contribution in [0, 0.1) is 47.4 Å². The standard InChI is InChI=1S/C32H18F2N4O4S2/c1-37-32(38-2)25-13-23-26(16-43(39)40)29-24(12-22(19(14-35)15-36)27(29)17-6-4-8-20(33)10-17)31(44(3,41)42)30(23)28(25)18-7-5-9-21(34)11-18/h4-11H,12-13,16H2,3H3,(H,39,40). The number of halogens is 2. The van der Waals surface area contributed by atoms with Crippen LogP contribution in [0.5, 0.6) is 0 Å². The Balaban J connectivity index is 2.20. The van der Waals surface area contributed by atoms with E-state index in [4.69, 9.17) is 13.1 Å². The van der Waals surface area contributed by atoms with Crippen LogP contribution in [0.15, 0.2) is 76.0 Å². The highest BCUT2D eigenvalue weighted by molar-refractivity contribution is 7.90. The van der Waals surface area contributed by atoms with E-state index in [1.165, 1.54) is 36.4 Å². The van der Waals surface area contributed by atoms with Crippen LogP contribution >= 0.6 is 0 Å². The van der Waals surface area contributed by atoms with Crippen LogP contribution in [0.25, 0.3) is 20.8 Å². The van der Waals surface area contributed by atoms with E-state index in [2.05, 4.69) is 9.69 Å². The van der Waals surface area contributed by atoms with Crippen molar-refractivity contribution in [2.45, 2.75) is 23.5 Å². The van der Waals surface area contributed by atoms with Crippen molar-refractivity contribution in [1.82, 2.24) is 0 Å². The van der Waals surface area contributed by atoms with Gasteiger partial charge in [-0.3, -0.25) is 0 Å². The van der Waals surface area contributed by atoms with Crippen molar-refractivity contribution >= 4 is 32.1 Å². The minimum Gasteiger partial charge on any atom is -0.306 e. The van der Waals surface area contributed by atoms with E-state index in [1.54, 1.807) is 0 Å². The SMILES string of the molecule is [C-]#[N+]C([N+]#[C-])=C1Cc2c(CS(=O)O)c3c(c(S(C)(=O)=O)c2=C1c1cccc(F)c1)CC(=C(C#N)C#N)C=3c1cccc(F)c1. The Morgan fingerprint density at radius 2 is 1.45 bits per heavy atom. The van der Waals surface area contributed by atoms with E-state index in [0.29, 0.717) is 0 Å². The molecule has 0 bridgehead atoms. The number of allylic oxidation sites excluding steroid dienone is 3. The van der Waals surface area contributed by atoms with Crippen molar-refractivity contribution in [3.63, 3.8) is 0 Å². The molecule has 2 aliphatic carbocycles. The summed E-state index contributed by atoms with van der Waals surface area (Å²) in [6, 6.07) is 14.1. The fourth-order valence-corrected chi connectivity index (χ4v) is 7.77. The number of sulfone groups is 1. The molecule has 3 aromatic rings. The van der Waals surface area contributed by atoms with Crippen LogP contribution in [0.2, 0.25) is 0 Å². The maximum atomic E-state index is 14.5. The van der Waals surface area contributed by atoms with Crippen molar-refractivity contribution < 1.29 is 26.0 Å². The molecule has 0 fully saturated rings. The summed E-state index contributed by atoms with van der Waals surface area (Å²) in [6.45, 7) is 15.3. The van der Waals surface area contributed by atoms with E-state index in [1.807, 2.05) is 12.1 Å². The molecule has 0 aliphatic heterocycles. The molecule has 0 aromatic heterocycles. The molecular formula is C32H18F2N4O4S2. The highest BCUT2D eigenvalue weighted by Gasteiger charge is 2.38. The Morgan fingerprint density at radius 3 is 1.91 bits per heavy atom. The lowest BCUT2D eigenvalue weighted by Crippen LogP contribution is -2.31. The lowest BCUT2D eigenvalue weighted by atomic mass is 9.94. The number of nitrogens with zero attached hydrogens (tertiary/aromatic N) is 4. The summed E-state index contributed by atoms with van der Waals surface area (Å²) < 4.78 is 79.1. The van der Waals surface area contributed by atoms with Crippen molar-refractivity contribution in [3.05, 3.63) is 144 Å². The van der Waals surface area contributed by atoms with Crippen LogP contribution in [0.1, 0.15) is 27.8 Å². The Hall–Kier alpha value is -5.24. The first kappa shape index (κ1) is 30.2. The van der Waals surface area contributed by atoms with Crippen molar-refractivity contribution in [2.75, 3.05) is 6.26 Å². The van der Waals surface area contributed by atoms with Gasteiger partial charge in [0.05, 0.1) is 16.2 Å². The molecule has 0 saturated carbocycles. The summed E-state index contributed by atoms with van der Waals surface area (Å²) in [4.78, 5) is 6.42. The Morgan fingerprint density at radius 1 is 0.932 bits per heavy atom. The quantitative estimate of drug-likeness (QED) is 0.260. The lowest BCUT2D eigenvalue weighted by Gasteiger charge is -2.15. The minimum absolute atomic E-state index is 0.0485. The number of hydrogen-bond donors (Lipinski definition) is 1. The molecule has 1 atom stereocenters. The molecule has 0 amide bonds. The normalized spacial score (nSPS) is 14.2. The third-order valence-electron chi connectivity index (χ3n) is 7.45. The zero-order valence-corrected chi connectivity index (χ0v) is 24.4. The molecule has 0 spiro atoms. The smallest absolute Gasteiger partial charge is 0.306 e.